The Morgan fingerprint density at radius 1 is 1.28 bits per heavy atom. The predicted octanol–water partition coefficient (Wildman–Crippen LogP) is 3.73. The lowest BCUT2D eigenvalue weighted by Crippen LogP contribution is -2.12. The standard InChI is InChI=1S/C17H17NO5S2/c1-4-23-16(20)13-10(2)14(17(21)22-3)25-15(13)18-12(19)8-7-11-6-5-9-24-11/h5-9H,4H2,1-3H3,(H,18,19)/b8-7+. The molecule has 2 aromatic rings. The average Bonchev–Trinajstić information content (AvgIpc) is 3.20. The van der Waals surface area contributed by atoms with E-state index >= 15 is 0 Å². The molecular formula is C17H17NO5S2. The summed E-state index contributed by atoms with van der Waals surface area (Å²) in [7, 11) is 1.26. The minimum atomic E-state index is -0.594. The number of thiophene rings is 2. The number of methoxy groups -OCH3 is 1. The molecular weight excluding hydrogens is 362 g/mol. The molecule has 0 atom stereocenters. The highest BCUT2D eigenvalue weighted by Gasteiger charge is 2.26. The lowest BCUT2D eigenvalue weighted by Gasteiger charge is -2.05. The van der Waals surface area contributed by atoms with E-state index in [1.54, 1.807) is 19.9 Å². The molecule has 8 heteroatoms. The lowest BCUT2D eigenvalue weighted by molar-refractivity contribution is -0.111. The third-order valence-electron chi connectivity index (χ3n) is 3.18. The van der Waals surface area contributed by atoms with Crippen LogP contribution in [-0.4, -0.2) is 31.6 Å². The molecule has 2 rings (SSSR count). The number of hydrogen-bond acceptors (Lipinski definition) is 7. The molecule has 0 fully saturated rings. The van der Waals surface area contributed by atoms with Gasteiger partial charge in [0.2, 0.25) is 5.91 Å². The number of rotatable bonds is 6. The highest BCUT2D eigenvalue weighted by molar-refractivity contribution is 7.18. The summed E-state index contributed by atoms with van der Waals surface area (Å²) in [5.41, 5.74) is 0.595. The van der Waals surface area contributed by atoms with E-state index in [0.717, 1.165) is 16.2 Å². The van der Waals surface area contributed by atoms with E-state index < -0.39 is 17.8 Å². The first-order valence-corrected chi connectivity index (χ1v) is 9.08. The van der Waals surface area contributed by atoms with E-state index in [0.29, 0.717) is 5.56 Å². The van der Waals surface area contributed by atoms with Gasteiger partial charge in [0.15, 0.2) is 0 Å². The van der Waals surface area contributed by atoms with E-state index in [4.69, 9.17) is 9.47 Å². The van der Waals surface area contributed by atoms with E-state index in [1.807, 2.05) is 17.5 Å². The van der Waals surface area contributed by atoms with Crippen molar-refractivity contribution in [2.45, 2.75) is 13.8 Å². The summed E-state index contributed by atoms with van der Waals surface area (Å²) in [5, 5.41) is 4.81. The molecule has 0 aliphatic heterocycles. The van der Waals surface area contributed by atoms with Crippen LogP contribution >= 0.6 is 22.7 Å². The van der Waals surface area contributed by atoms with Crippen molar-refractivity contribution in [2.24, 2.45) is 0 Å². The van der Waals surface area contributed by atoms with E-state index in [9.17, 15) is 14.4 Å². The zero-order chi connectivity index (χ0) is 18.4. The normalized spacial score (nSPS) is 10.7. The van der Waals surface area contributed by atoms with Crippen LogP contribution in [0.1, 0.15) is 37.4 Å². The fourth-order valence-electron chi connectivity index (χ4n) is 2.04. The Morgan fingerprint density at radius 3 is 2.64 bits per heavy atom. The Morgan fingerprint density at radius 2 is 2.04 bits per heavy atom. The maximum atomic E-state index is 12.2. The molecule has 0 bridgehead atoms. The summed E-state index contributed by atoms with van der Waals surface area (Å²) in [4.78, 5) is 37.4. The topological polar surface area (TPSA) is 81.7 Å². The number of nitrogens with one attached hydrogen (secondary N) is 1. The van der Waals surface area contributed by atoms with Gasteiger partial charge >= 0.3 is 11.9 Å². The van der Waals surface area contributed by atoms with Crippen molar-refractivity contribution >= 4 is 51.6 Å². The van der Waals surface area contributed by atoms with Gasteiger partial charge in [0, 0.05) is 11.0 Å². The van der Waals surface area contributed by atoms with Crippen LogP contribution in [0.3, 0.4) is 0 Å². The lowest BCUT2D eigenvalue weighted by atomic mass is 10.1. The van der Waals surface area contributed by atoms with Gasteiger partial charge in [-0.2, -0.15) is 0 Å². The third kappa shape index (κ3) is 4.55. The van der Waals surface area contributed by atoms with Gasteiger partial charge in [-0.05, 0) is 36.9 Å². The number of esters is 2. The summed E-state index contributed by atoms with van der Waals surface area (Å²) >= 11 is 2.49. The Hall–Kier alpha value is -2.45. The second-order valence-corrected chi connectivity index (χ2v) is 6.81. The molecule has 25 heavy (non-hydrogen) atoms. The van der Waals surface area contributed by atoms with Gasteiger partial charge in [-0.1, -0.05) is 6.07 Å². The van der Waals surface area contributed by atoms with Crippen molar-refractivity contribution in [3.8, 4) is 0 Å². The number of carbonyl (C=O) groups excluding carboxylic acids is 3. The summed E-state index contributed by atoms with van der Waals surface area (Å²) < 4.78 is 9.75. The smallest absolute Gasteiger partial charge is 0.348 e. The first-order valence-electron chi connectivity index (χ1n) is 7.39. The van der Waals surface area contributed by atoms with Gasteiger partial charge in [0.1, 0.15) is 9.88 Å². The maximum Gasteiger partial charge on any atom is 0.348 e. The van der Waals surface area contributed by atoms with Crippen molar-refractivity contribution in [3.05, 3.63) is 44.5 Å². The summed E-state index contributed by atoms with van der Waals surface area (Å²) in [5.74, 6) is -1.57. The molecule has 0 spiro atoms. The summed E-state index contributed by atoms with van der Waals surface area (Å²) in [6, 6.07) is 3.76. The van der Waals surface area contributed by atoms with Gasteiger partial charge < -0.3 is 14.8 Å². The molecule has 0 radical (unpaired) electrons. The van der Waals surface area contributed by atoms with Gasteiger partial charge in [0.05, 0.1) is 19.3 Å². The minimum Gasteiger partial charge on any atom is -0.465 e. The van der Waals surface area contributed by atoms with Crippen molar-refractivity contribution in [1.29, 1.82) is 0 Å². The maximum absolute atomic E-state index is 12.2. The fraction of sp³-hybridized carbons (Fsp3) is 0.235. The first-order chi connectivity index (χ1) is 12.0. The molecule has 0 aliphatic carbocycles. The average molecular weight is 379 g/mol. The van der Waals surface area contributed by atoms with Gasteiger partial charge in [0.25, 0.3) is 0 Å². The van der Waals surface area contributed by atoms with Crippen LogP contribution < -0.4 is 5.32 Å². The Balaban J connectivity index is 2.30. The molecule has 2 aromatic heterocycles. The van der Waals surface area contributed by atoms with Crippen molar-refractivity contribution in [3.63, 3.8) is 0 Å². The second kappa shape index (κ2) is 8.59. The van der Waals surface area contributed by atoms with Crippen LogP contribution in [0, 0.1) is 6.92 Å². The monoisotopic (exact) mass is 379 g/mol. The molecule has 1 N–H and O–H groups in total. The van der Waals surface area contributed by atoms with Crippen LogP contribution in [0.25, 0.3) is 6.08 Å². The van der Waals surface area contributed by atoms with E-state index in [2.05, 4.69) is 5.32 Å². The van der Waals surface area contributed by atoms with Gasteiger partial charge in [-0.3, -0.25) is 4.79 Å². The zero-order valence-corrected chi connectivity index (χ0v) is 15.6. The third-order valence-corrected chi connectivity index (χ3v) is 5.20. The molecule has 132 valence electrons. The molecule has 6 nitrogen and oxygen atoms in total. The van der Waals surface area contributed by atoms with Gasteiger partial charge in [-0.25, -0.2) is 9.59 Å². The molecule has 0 aliphatic rings. The number of hydrogen-bond donors (Lipinski definition) is 1. The SMILES string of the molecule is CCOC(=O)c1c(NC(=O)/C=C/c2cccs2)sc(C(=O)OC)c1C. The minimum absolute atomic E-state index is 0.171. The number of amides is 1. The van der Waals surface area contributed by atoms with Crippen LogP contribution in [0.2, 0.25) is 0 Å². The Kier molecular flexibility index (Phi) is 6.49. The van der Waals surface area contributed by atoms with Gasteiger partial charge in [-0.15, -0.1) is 22.7 Å². The zero-order valence-electron chi connectivity index (χ0n) is 14.0. The van der Waals surface area contributed by atoms with Crippen LogP contribution in [0.5, 0.6) is 0 Å². The van der Waals surface area contributed by atoms with Crippen molar-refractivity contribution in [1.82, 2.24) is 0 Å². The van der Waals surface area contributed by atoms with Crippen LogP contribution in [-0.2, 0) is 14.3 Å². The van der Waals surface area contributed by atoms with Crippen LogP contribution in [0.4, 0.5) is 5.00 Å². The molecule has 0 aromatic carbocycles. The Bertz CT molecular complexity index is 805. The quantitative estimate of drug-likeness (QED) is 0.611. The summed E-state index contributed by atoms with van der Waals surface area (Å²) in [6.45, 7) is 3.49. The number of ether oxygens (including phenoxy) is 2. The Labute approximate surface area is 153 Å². The van der Waals surface area contributed by atoms with Crippen molar-refractivity contribution in [2.75, 3.05) is 19.0 Å². The van der Waals surface area contributed by atoms with Crippen LogP contribution in [0.15, 0.2) is 23.6 Å². The number of anilines is 1. The second-order valence-electron chi connectivity index (χ2n) is 4.81. The first kappa shape index (κ1) is 18.9. The molecule has 0 saturated carbocycles. The molecule has 0 unspecified atom stereocenters. The molecule has 0 saturated heterocycles. The molecule has 2 heterocycles. The predicted molar refractivity (Wildman–Crippen MR) is 98.3 cm³/mol. The summed E-state index contributed by atoms with van der Waals surface area (Å²) in [6.07, 6.45) is 3.04. The highest BCUT2D eigenvalue weighted by Crippen LogP contribution is 2.34. The van der Waals surface area contributed by atoms with Crippen molar-refractivity contribution < 1.29 is 23.9 Å². The number of carbonyl (C=O) groups is 3. The fourth-order valence-corrected chi connectivity index (χ4v) is 3.77. The van der Waals surface area contributed by atoms with E-state index in [1.165, 1.54) is 24.5 Å². The largest absolute Gasteiger partial charge is 0.465 e. The highest BCUT2D eigenvalue weighted by atomic mass is 32.1. The van der Waals surface area contributed by atoms with E-state index in [-0.39, 0.29) is 22.0 Å². The molecule has 1 amide bonds.